The summed E-state index contributed by atoms with van der Waals surface area (Å²) < 4.78 is 0. The Bertz CT molecular complexity index is 660. The van der Waals surface area contributed by atoms with Crippen molar-refractivity contribution < 1.29 is 9.59 Å². The van der Waals surface area contributed by atoms with E-state index in [0.717, 1.165) is 32.2 Å². The molecule has 2 fully saturated rings. The lowest BCUT2D eigenvalue weighted by atomic mass is 10.1. The molecule has 1 heterocycles. The normalized spacial score (nSPS) is 18.9. The fourth-order valence-electron chi connectivity index (χ4n) is 4.38. The van der Waals surface area contributed by atoms with Gasteiger partial charge >= 0.3 is 0 Å². The third kappa shape index (κ3) is 5.32. The molecule has 0 atom stereocenters. The maximum atomic E-state index is 12.5. The standard InChI is InChI=1S/C22H34N4O2/c1-3-25(4-2)22(28)18-8-7-9-19(16-18)23-21(27)17-24-12-14-26(15-13-24)20-10-5-6-11-20/h7-9,16,20H,3-6,10-15,17H2,1-2H3,(H,23,27). The van der Waals surface area contributed by atoms with Gasteiger partial charge in [0.2, 0.25) is 5.91 Å². The summed E-state index contributed by atoms with van der Waals surface area (Å²) in [5.74, 6) is -0.00844. The first-order valence-corrected chi connectivity index (χ1v) is 10.8. The van der Waals surface area contributed by atoms with Gasteiger partial charge in [0.15, 0.2) is 0 Å². The molecular formula is C22H34N4O2. The molecule has 0 unspecified atom stereocenters. The van der Waals surface area contributed by atoms with Crippen molar-refractivity contribution in [3.05, 3.63) is 29.8 Å². The number of nitrogens with zero attached hydrogens (tertiary/aromatic N) is 3. The number of piperazine rings is 1. The van der Waals surface area contributed by atoms with Crippen LogP contribution in [0.25, 0.3) is 0 Å². The molecule has 154 valence electrons. The van der Waals surface area contributed by atoms with Crippen LogP contribution in [0.15, 0.2) is 24.3 Å². The topological polar surface area (TPSA) is 55.9 Å². The summed E-state index contributed by atoms with van der Waals surface area (Å²) in [5.41, 5.74) is 1.30. The molecule has 2 aliphatic rings. The minimum absolute atomic E-state index is 0.00383. The zero-order chi connectivity index (χ0) is 19.9. The van der Waals surface area contributed by atoms with E-state index in [4.69, 9.17) is 0 Å². The highest BCUT2D eigenvalue weighted by molar-refractivity contribution is 5.97. The first kappa shape index (κ1) is 20.8. The van der Waals surface area contributed by atoms with Crippen LogP contribution in [-0.4, -0.2) is 78.4 Å². The van der Waals surface area contributed by atoms with Crippen LogP contribution in [0, 0.1) is 0 Å². The van der Waals surface area contributed by atoms with Gasteiger partial charge in [0.1, 0.15) is 0 Å². The molecule has 1 saturated carbocycles. The minimum atomic E-state index is -0.0123. The van der Waals surface area contributed by atoms with Crippen LogP contribution in [0.4, 0.5) is 5.69 Å². The average Bonchev–Trinajstić information content (AvgIpc) is 3.24. The van der Waals surface area contributed by atoms with E-state index in [9.17, 15) is 9.59 Å². The Hall–Kier alpha value is -1.92. The molecule has 1 aliphatic heterocycles. The summed E-state index contributed by atoms with van der Waals surface area (Å²) in [6, 6.07) is 8.01. The fourth-order valence-corrected chi connectivity index (χ4v) is 4.38. The number of benzene rings is 1. The van der Waals surface area contributed by atoms with Crippen LogP contribution in [0.5, 0.6) is 0 Å². The van der Waals surface area contributed by atoms with Gasteiger partial charge in [-0.25, -0.2) is 0 Å². The lowest BCUT2D eigenvalue weighted by molar-refractivity contribution is -0.117. The summed E-state index contributed by atoms with van der Waals surface area (Å²) >= 11 is 0. The highest BCUT2D eigenvalue weighted by Crippen LogP contribution is 2.24. The molecule has 1 aromatic carbocycles. The number of anilines is 1. The van der Waals surface area contributed by atoms with E-state index in [2.05, 4.69) is 15.1 Å². The summed E-state index contributed by atoms with van der Waals surface area (Å²) in [7, 11) is 0. The van der Waals surface area contributed by atoms with E-state index in [-0.39, 0.29) is 11.8 Å². The molecule has 1 aliphatic carbocycles. The van der Waals surface area contributed by atoms with E-state index in [1.165, 1.54) is 25.7 Å². The smallest absolute Gasteiger partial charge is 0.253 e. The van der Waals surface area contributed by atoms with Crippen molar-refractivity contribution in [1.82, 2.24) is 14.7 Å². The van der Waals surface area contributed by atoms with Crippen molar-refractivity contribution in [3.8, 4) is 0 Å². The van der Waals surface area contributed by atoms with Crippen molar-refractivity contribution in [3.63, 3.8) is 0 Å². The minimum Gasteiger partial charge on any atom is -0.339 e. The fraction of sp³-hybridized carbons (Fsp3) is 0.636. The first-order valence-electron chi connectivity index (χ1n) is 10.8. The monoisotopic (exact) mass is 386 g/mol. The largest absolute Gasteiger partial charge is 0.339 e. The molecule has 2 amide bonds. The van der Waals surface area contributed by atoms with Gasteiger partial charge in [0.05, 0.1) is 6.54 Å². The van der Waals surface area contributed by atoms with Crippen molar-refractivity contribution in [2.24, 2.45) is 0 Å². The van der Waals surface area contributed by atoms with Crippen LogP contribution in [-0.2, 0) is 4.79 Å². The van der Waals surface area contributed by atoms with Crippen LogP contribution in [0.3, 0.4) is 0 Å². The summed E-state index contributed by atoms with van der Waals surface area (Å²) in [4.78, 5) is 31.6. The number of rotatable bonds is 7. The van der Waals surface area contributed by atoms with E-state index >= 15 is 0 Å². The highest BCUT2D eigenvalue weighted by Gasteiger charge is 2.26. The van der Waals surface area contributed by atoms with Gasteiger partial charge in [-0.3, -0.25) is 19.4 Å². The van der Waals surface area contributed by atoms with Crippen molar-refractivity contribution in [1.29, 1.82) is 0 Å². The second-order valence-electron chi connectivity index (χ2n) is 7.86. The van der Waals surface area contributed by atoms with Gasteiger partial charge in [-0.05, 0) is 44.9 Å². The van der Waals surface area contributed by atoms with Crippen molar-refractivity contribution in [2.45, 2.75) is 45.6 Å². The Balaban J connectivity index is 1.48. The number of hydrogen-bond acceptors (Lipinski definition) is 4. The number of amides is 2. The Kier molecular flexibility index (Phi) is 7.45. The molecule has 3 rings (SSSR count). The molecule has 28 heavy (non-hydrogen) atoms. The van der Waals surface area contributed by atoms with E-state index in [1.54, 1.807) is 17.0 Å². The lowest BCUT2D eigenvalue weighted by Crippen LogP contribution is -2.51. The molecule has 6 heteroatoms. The Morgan fingerprint density at radius 3 is 2.39 bits per heavy atom. The van der Waals surface area contributed by atoms with Crippen LogP contribution < -0.4 is 5.32 Å². The van der Waals surface area contributed by atoms with Crippen molar-refractivity contribution >= 4 is 17.5 Å². The van der Waals surface area contributed by atoms with E-state index in [1.807, 2.05) is 26.0 Å². The summed E-state index contributed by atoms with van der Waals surface area (Å²) in [5, 5.41) is 2.96. The van der Waals surface area contributed by atoms with Gasteiger partial charge in [0.25, 0.3) is 5.91 Å². The molecule has 0 bridgehead atoms. The first-order chi connectivity index (χ1) is 13.6. The molecule has 0 aromatic heterocycles. The van der Waals surface area contributed by atoms with Crippen LogP contribution in [0.1, 0.15) is 49.9 Å². The second-order valence-corrected chi connectivity index (χ2v) is 7.86. The number of hydrogen-bond donors (Lipinski definition) is 1. The quantitative estimate of drug-likeness (QED) is 0.783. The molecule has 0 spiro atoms. The van der Waals surface area contributed by atoms with Crippen LogP contribution >= 0.6 is 0 Å². The molecular weight excluding hydrogens is 352 g/mol. The molecule has 6 nitrogen and oxygen atoms in total. The summed E-state index contributed by atoms with van der Waals surface area (Å²) in [6.07, 6.45) is 5.40. The average molecular weight is 387 g/mol. The van der Waals surface area contributed by atoms with Crippen molar-refractivity contribution in [2.75, 3.05) is 51.1 Å². The third-order valence-electron chi connectivity index (χ3n) is 6.06. The molecule has 1 N–H and O–H groups in total. The molecule has 1 saturated heterocycles. The number of carbonyl (C=O) groups excluding carboxylic acids is 2. The van der Waals surface area contributed by atoms with E-state index < -0.39 is 0 Å². The zero-order valence-electron chi connectivity index (χ0n) is 17.3. The lowest BCUT2D eigenvalue weighted by Gasteiger charge is -2.37. The van der Waals surface area contributed by atoms with E-state index in [0.29, 0.717) is 30.9 Å². The second kappa shape index (κ2) is 10.0. The van der Waals surface area contributed by atoms with Gasteiger partial charge in [0, 0.05) is 56.6 Å². The number of carbonyl (C=O) groups is 2. The molecule has 1 aromatic rings. The molecule has 0 radical (unpaired) electrons. The predicted molar refractivity (Wildman–Crippen MR) is 113 cm³/mol. The number of nitrogens with one attached hydrogen (secondary N) is 1. The Morgan fingerprint density at radius 2 is 1.75 bits per heavy atom. The van der Waals surface area contributed by atoms with Gasteiger partial charge < -0.3 is 10.2 Å². The van der Waals surface area contributed by atoms with Gasteiger partial charge in [-0.2, -0.15) is 0 Å². The Morgan fingerprint density at radius 1 is 1.07 bits per heavy atom. The zero-order valence-corrected chi connectivity index (χ0v) is 17.3. The van der Waals surface area contributed by atoms with Crippen LogP contribution in [0.2, 0.25) is 0 Å². The predicted octanol–water partition coefficient (Wildman–Crippen LogP) is 2.67. The maximum absolute atomic E-state index is 12.5. The maximum Gasteiger partial charge on any atom is 0.253 e. The van der Waals surface area contributed by atoms with Gasteiger partial charge in [-0.15, -0.1) is 0 Å². The third-order valence-corrected chi connectivity index (χ3v) is 6.06. The Labute approximate surface area is 168 Å². The highest BCUT2D eigenvalue weighted by atomic mass is 16.2. The van der Waals surface area contributed by atoms with Gasteiger partial charge in [-0.1, -0.05) is 18.9 Å². The SMILES string of the molecule is CCN(CC)C(=O)c1cccc(NC(=O)CN2CCN(C3CCCC3)CC2)c1. The summed E-state index contributed by atoms with van der Waals surface area (Å²) in [6.45, 7) is 9.73.